The van der Waals surface area contributed by atoms with Gasteiger partial charge in [-0.3, -0.25) is 9.36 Å². The zero-order valence-electron chi connectivity index (χ0n) is 10.0. The summed E-state index contributed by atoms with van der Waals surface area (Å²) >= 11 is 0. The molecular weight excluding hydrogens is 220 g/mol. The molecule has 1 aliphatic carbocycles. The lowest BCUT2D eigenvalue weighted by atomic mass is 9.82. The van der Waals surface area contributed by atoms with Crippen LogP contribution in [-0.4, -0.2) is 20.2 Å². The van der Waals surface area contributed by atoms with Gasteiger partial charge >= 0.3 is 11.7 Å². The van der Waals surface area contributed by atoms with Crippen molar-refractivity contribution in [1.82, 2.24) is 9.13 Å². The smallest absolute Gasteiger partial charge is 0.327 e. The van der Waals surface area contributed by atoms with Gasteiger partial charge in [0.05, 0.1) is 5.92 Å². The number of carboxylic acids is 1. The van der Waals surface area contributed by atoms with Crippen molar-refractivity contribution in [2.24, 2.45) is 18.9 Å². The summed E-state index contributed by atoms with van der Waals surface area (Å²) < 4.78 is 3.27. The molecular formula is C12H18N2O3. The Kier molecular flexibility index (Phi) is 3.36. The molecule has 0 amide bonds. The van der Waals surface area contributed by atoms with E-state index in [1.54, 1.807) is 28.6 Å². The molecule has 0 radical (unpaired) electrons. The van der Waals surface area contributed by atoms with Crippen molar-refractivity contribution < 1.29 is 9.90 Å². The van der Waals surface area contributed by atoms with E-state index >= 15 is 0 Å². The van der Waals surface area contributed by atoms with Crippen LogP contribution in [0.5, 0.6) is 0 Å². The van der Waals surface area contributed by atoms with Crippen LogP contribution in [0.25, 0.3) is 0 Å². The number of carbonyl (C=O) groups is 1. The number of carboxylic acid groups (broad SMARTS) is 1. The zero-order chi connectivity index (χ0) is 12.4. The van der Waals surface area contributed by atoms with E-state index in [4.69, 9.17) is 5.11 Å². The third kappa shape index (κ3) is 2.60. The average Bonchev–Trinajstić information content (AvgIpc) is 2.62. The van der Waals surface area contributed by atoms with Crippen LogP contribution in [0.1, 0.15) is 25.7 Å². The fourth-order valence-electron chi connectivity index (χ4n) is 2.52. The van der Waals surface area contributed by atoms with Gasteiger partial charge in [0.1, 0.15) is 0 Å². The van der Waals surface area contributed by atoms with Crippen LogP contribution < -0.4 is 5.69 Å². The highest BCUT2D eigenvalue weighted by atomic mass is 16.4. The van der Waals surface area contributed by atoms with Gasteiger partial charge in [0.15, 0.2) is 0 Å². The second-order valence-corrected chi connectivity index (χ2v) is 4.90. The number of hydrogen-bond acceptors (Lipinski definition) is 2. The third-order valence-electron chi connectivity index (χ3n) is 3.67. The molecule has 1 aliphatic rings. The highest BCUT2D eigenvalue weighted by Gasteiger charge is 2.26. The van der Waals surface area contributed by atoms with Crippen LogP contribution in [0.15, 0.2) is 17.2 Å². The van der Waals surface area contributed by atoms with Gasteiger partial charge in [-0.15, -0.1) is 0 Å². The number of rotatable bonds is 3. The molecule has 0 bridgehead atoms. The predicted molar refractivity (Wildman–Crippen MR) is 62.8 cm³/mol. The van der Waals surface area contributed by atoms with E-state index in [2.05, 4.69) is 0 Å². The van der Waals surface area contributed by atoms with E-state index in [-0.39, 0.29) is 11.6 Å². The van der Waals surface area contributed by atoms with Gasteiger partial charge in [-0.05, 0) is 31.6 Å². The Morgan fingerprint density at radius 3 is 2.47 bits per heavy atom. The molecule has 0 saturated heterocycles. The monoisotopic (exact) mass is 238 g/mol. The molecule has 0 aromatic carbocycles. The van der Waals surface area contributed by atoms with Gasteiger partial charge in [0.2, 0.25) is 0 Å². The maximum atomic E-state index is 11.6. The largest absolute Gasteiger partial charge is 0.481 e. The number of nitrogens with zero attached hydrogens (tertiary/aromatic N) is 2. The zero-order valence-corrected chi connectivity index (χ0v) is 10.0. The highest BCUT2D eigenvalue weighted by Crippen LogP contribution is 2.29. The summed E-state index contributed by atoms with van der Waals surface area (Å²) in [5.74, 6) is -0.426. The van der Waals surface area contributed by atoms with Crippen molar-refractivity contribution in [3.8, 4) is 0 Å². The minimum Gasteiger partial charge on any atom is -0.481 e. The second kappa shape index (κ2) is 4.77. The molecule has 1 aromatic rings. The second-order valence-electron chi connectivity index (χ2n) is 4.90. The Bertz CT molecular complexity index is 453. The Morgan fingerprint density at radius 1 is 1.35 bits per heavy atom. The van der Waals surface area contributed by atoms with E-state index in [1.165, 1.54) is 0 Å². The van der Waals surface area contributed by atoms with E-state index < -0.39 is 5.97 Å². The molecule has 0 spiro atoms. The number of hydrogen-bond donors (Lipinski definition) is 1. The number of aryl methyl sites for hydroxylation is 1. The van der Waals surface area contributed by atoms with E-state index in [1.807, 2.05) is 0 Å². The first-order valence-electron chi connectivity index (χ1n) is 6.02. The summed E-state index contributed by atoms with van der Waals surface area (Å²) in [7, 11) is 1.74. The first-order valence-corrected chi connectivity index (χ1v) is 6.02. The summed E-state index contributed by atoms with van der Waals surface area (Å²) in [6.07, 6.45) is 6.83. The molecule has 2 rings (SSSR count). The number of aliphatic carboxylic acids is 1. The van der Waals surface area contributed by atoms with Crippen LogP contribution in [0.3, 0.4) is 0 Å². The summed E-state index contributed by atoms with van der Waals surface area (Å²) in [5, 5.41) is 8.90. The fourth-order valence-corrected chi connectivity index (χ4v) is 2.52. The molecule has 0 atom stereocenters. The fraction of sp³-hybridized carbons (Fsp3) is 0.667. The standard InChI is InChI=1S/C12H18N2O3/c1-13-6-7-14(12(13)17)8-9-2-4-10(5-3-9)11(15)16/h6-7,9-10H,2-5,8H2,1H3,(H,15,16). The molecule has 94 valence electrons. The van der Waals surface area contributed by atoms with Crippen molar-refractivity contribution >= 4 is 5.97 Å². The van der Waals surface area contributed by atoms with E-state index in [0.29, 0.717) is 12.5 Å². The maximum Gasteiger partial charge on any atom is 0.327 e. The molecule has 17 heavy (non-hydrogen) atoms. The molecule has 0 aliphatic heterocycles. The Hall–Kier alpha value is -1.52. The van der Waals surface area contributed by atoms with Gasteiger partial charge in [-0.1, -0.05) is 0 Å². The quantitative estimate of drug-likeness (QED) is 0.857. The summed E-state index contributed by atoms with van der Waals surface area (Å²) in [4.78, 5) is 22.5. The SMILES string of the molecule is Cn1ccn(CC2CCC(C(=O)O)CC2)c1=O. The lowest BCUT2D eigenvalue weighted by Crippen LogP contribution is -2.28. The first-order chi connectivity index (χ1) is 8.08. The van der Waals surface area contributed by atoms with Crippen molar-refractivity contribution in [2.75, 3.05) is 0 Å². The molecule has 1 aromatic heterocycles. The molecule has 1 saturated carbocycles. The van der Waals surface area contributed by atoms with E-state index in [0.717, 1.165) is 25.7 Å². The van der Waals surface area contributed by atoms with Crippen LogP contribution in [0, 0.1) is 11.8 Å². The van der Waals surface area contributed by atoms with Crippen molar-refractivity contribution in [1.29, 1.82) is 0 Å². The van der Waals surface area contributed by atoms with Gasteiger partial charge in [-0.25, -0.2) is 4.79 Å². The Balaban J connectivity index is 1.92. The summed E-state index contributed by atoms with van der Waals surface area (Å²) in [6.45, 7) is 0.714. The minimum absolute atomic E-state index is 0.00496. The summed E-state index contributed by atoms with van der Waals surface area (Å²) in [5.41, 5.74) is 0.00496. The summed E-state index contributed by atoms with van der Waals surface area (Å²) in [6, 6.07) is 0. The molecule has 1 heterocycles. The molecule has 1 N–H and O–H groups in total. The van der Waals surface area contributed by atoms with Crippen molar-refractivity contribution in [3.05, 3.63) is 22.9 Å². The normalized spacial score (nSPS) is 24.8. The van der Waals surface area contributed by atoms with Crippen LogP contribution in [-0.2, 0) is 18.4 Å². The lowest BCUT2D eigenvalue weighted by molar-refractivity contribution is -0.143. The van der Waals surface area contributed by atoms with Gasteiger partial charge in [0, 0.05) is 26.0 Å². The van der Waals surface area contributed by atoms with Crippen LogP contribution in [0.2, 0.25) is 0 Å². The van der Waals surface area contributed by atoms with E-state index in [9.17, 15) is 9.59 Å². The highest BCUT2D eigenvalue weighted by molar-refractivity contribution is 5.69. The lowest BCUT2D eigenvalue weighted by Gasteiger charge is -2.25. The maximum absolute atomic E-state index is 11.6. The molecule has 5 nitrogen and oxygen atoms in total. The van der Waals surface area contributed by atoms with Crippen LogP contribution >= 0.6 is 0 Å². The molecule has 5 heteroatoms. The Morgan fingerprint density at radius 2 is 2.00 bits per heavy atom. The molecule has 1 fully saturated rings. The Labute approximate surface area is 99.7 Å². The number of imidazole rings is 1. The van der Waals surface area contributed by atoms with Crippen LogP contribution in [0.4, 0.5) is 0 Å². The minimum atomic E-state index is -0.680. The van der Waals surface area contributed by atoms with Gasteiger partial charge in [-0.2, -0.15) is 0 Å². The van der Waals surface area contributed by atoms with Crippen molar-refractivity contribution in [2.45, 2.75) is 32.2 Å². The van der Waals surface area contributed by atoms with Gasteiger partial charge < -0.3 is 9.67 Å². The predicted octanol–water partition coefficient (Wildman–Crippen LogP) is 1.08. The van der Waals surface area contributed by atoms with Gasteiger partial charge in [0.25, 0.3) is 0 Å². The molecule has 0 unspecified atom stereocenters. The van der Waals surface area contributed by atoms with Crippen molar-refractivity contribution in [3.63, 3.8) is 0 Å². The number of aromatic nitrogens is 2. The topological polar surface area (TPSA) is 64.2 Å². The first kappa shape index (κ1) is 12.0. The third-order valence-corrected chi connectivity index (χ3v) is 3.67. The average molecular weight is 238 g/mol.